The summed E-state index contributed by atoms with van der Waals surface area (Å²) >= 11 is 8.18. The lowest BCUT2D eigenvalue weighted by atomic mass is 10.1. The maximum absolute atomic E-state index is 12.2. The van der Waals surface area contributed by atoms with Crippen LogP contribution in [0.2, 0.25) is 5.02 Å². The molecule has 0 radical (unpaired) electrons. The number of pyridine rings is 1. The van der Waals surface area contributed by atoms with Gasteiger partial charge in [-0.25, -0.2) is 0 Å². The fourth-order valence-corrected chi connectivity index (χ4v) is 3.21. The van der Waals surface area contributed by atoms with E-state index in [1.165, 1.54) is 0 Å². The molecule has 2 nitrogen and oxygen atoms in total. The standard InChI is InChI=1S/C15H9ClINO/c16-10-6-11-14(19)8-13(9-4-2-1-3-5-9)18-15(11)12(17)7-10/h1-8H,(H,18,19). The number of nitrogens with one attached hydrogen (secondary N) is 1. The molecule has 3 aromatic rings. The van der Waals surface area contributed by atoms with Gasteiger partial charge in [-0.3, -0.25) is 4.79 Å². The van der Waals surface area contributed by atoms with E-state index in [9.17, 15) is 4.79 Å². The SMILES string of the molecule is O=c1cc(-c2ccccc2)[nH]c2c(I)cc(Cl)cc12. The molecule has 1 aromatic heterocycles. The maximum atomic E-state index is 12.2. The van der Waals surface area contributed by atoms with Crippen molar-refractivity contribution in [1.29, 1.82) is 0 Å². The molecule has 2 aromatic carbocycles. The Hall–Kier alpha value is -1.33. The van der Waals surface area contributed by atoms with Crippen LogP contribution < -0.4 is 5.43 Å². The van der Waals surface area contributed by atoms with E-state index < -0.39 is 0 Å². The molecule has 3 rings (SSSR count). The van der Waals surface area contributed by atoms with Crippen LogP contribution in [0, 0.1) is 3.57 Å². The largest absolute Gasteiger partial charge is 0.353 e. The summed E-state index contributed by atoms with van der Waals surface area (Å²) in [6.07, 6.45) is 0. The van der Waals surface area contributed by atoms with Crippen molar-refractivity contribution in [2.75, 3.05) is 0 Å². The normalized spacial score (nSPS) is 10.8. The summed E-state index contributed by atoms with van der Waals surface area (Å²) in [6.45, 7) is 0. The lowest BCUT2D eigenvalue weighted by Gasteiger charge is -2.06. The molecular formula is C15H9ClINO. The third kappa shape index (κ3) is 2.40. The molecule has 4 heteroatoms. The summed E-state index contributed by atoms with van der Waals surface area (Å²) in [5, 5.41) is 1.20. The van der Waals surface area contributed by atoms with Crippen molar-refractivity contribution in [3.8, 4) is 11.3 Å². The summed E-state index contributed by atoms with van der Waals surface area (Å²) in [4.78, 5) is 15.5. The molecule has 94 valence electrons. The van der Waals surface area contributed by atoms with E-state index in [-0.39, 0.29) is 5.43 Å². The minimum Gasteiger partial charge on any atom is -0.353 e. The molecule has 0 aliphatic heterocycles. The molecular weight excluding hydrogens is 373 g/mol. The van der Waals surface area contributed by atoms with Gasteiger partial charge in [-0.15, -0.1) is 0 Å². The molecule has 0 aliphatic carbocycles. The third-order valence-corrected chi connectivity index (χ3v) is 4.01. The molecule has 0 aliphatic rings. The molecule has 0 saturated heterocycles. The van der Waals surface area contributed by atoms with Crippen LogP contribution in [-0.2, 0) is 0 Å². The van der Waals surface area contributed by atoms with Crippen LogP contribution in [-0.4, -0.2) is 4.98 Å². The van der Waals surface area contributed by atoms with Crippen LogP contribution >= 0.6 is 34.2 Å². The average molecular weight is 382 g/mol. The third-order valence-electron chi connectivity index (χ3n) is 2.94. The van der Waals surface area contributed by atoms with E-state index in [1.54, 1.807) is 12.1 Å². The second-order valence-electron chi connectivity index (χ2n) is 4.22. The number of aromatic nitrogens is 1. The molecule has 0 spiro atoms. The highest BCUT2D eigenvalue weighted by molar-refractivity contribution is 14.1. The van der Waals surface area contributed by atoms with E-state index in [1.807, 2.05) is 36.4 Å². The van der Waals surface area contributed by atoms with Gasteiger partial charge in [0.2, 0.25) is 0 Å². The first-order chi connectivity index (χ1) is 9.15. The Morgan fingerprint density at radius 3 is 2.53 bits per heavy atom. The smallest absolute Gasteiger partial charge is 0.190 e. The number of aromatic amines is 1. The predicted octanol–water partition coefficient (Wildman–Crippen LogP) is 4.45. The Labute approximate surface area is 128 Å². The van der Waals surface area contributed by atoms with E-state index >= 15 is 0 Å². The summed E-state index contributed by atoms with van der Waals surface area (Å²) < 4.78 is 0.940. The quantitative estimate of drug-likeness (QED) is 0.621. The number of benzene rings is 2. The topological polar surface area (TPSA) is 32.9 Å². The minimum absolute atomic E-state index is 0.0204. The van der Waals surface area contributed by atoms with E-state index in [4.69, 9.17) is 11.6 Å². The highest BCUT2D eigenvalue weighted by Gasteiger charge is 2.08. The van der Waals surface area contributed by atoms with Crippen molar-refractivity contribution in [3.63, 3.8) is 0 Å². The summed E-state index contributed by atoms with van der Waals surface area (Å²) in [6, 6.07) is 15.0. The maximum Gasteiger partial charge on any atom is 0.190 e. The van der Waals surface area contributed by atoms with Crippen molar-refractivity contribution >= 4 is 45.1 Å². The number of H-pyrrole nitrogens is 1. The Balaban J connectivity index is 2.34. The first-order valence-corrected chi connectivity index (χ1v) is 7.18. The zero-order valence-electron chi connectivity index (χ0n) is 9.78. The van der Waals surface area contributed by atoms with Crippen LogP contribution in [0.4, 0.5) is 0 Å². The highest BCUT2D eigenvalue weighted by Crippen LogP contribution is 2.24. The highest BCUT2D eigenvalue weighted by atomic mass is 127. The van der Waals surface area contributed by atoms with Crippen molar-refractivity contribution in [2.45, 2.75) is 0 Å². The van der Waals surface area contributed by atoms with Gasteiger partial charge in [-0.2, -0.15) is 0 Å². The minimum atomic E-state index is -0.0204. The average Bonchev–Trinajstić information content (AvgIpc) is 2.41. The first-order valence-electron chi connectivity index (χ1n) is 5.72. The Morgan fingerprint density at radius 1 is 1.05 bits per heavy atom. The molecule has 19 heavy (non-hydrogen) atoms. The molecule has 0 saturated carbocycles. The van der Waals surface area contributed by atoms with Gasteiger partial charge in [0.05, 0.1) is 5.52 Å². The van der Waals surface area contributed by atoms with Gasteiger partial charge in [0.15, 0.2) is 5.43 Å². The number of rotatable bonds is 1. The van der Waals surface area contributed by atoms with E-state index in [0.29, 0.717) is 10.4 Å². The lowest BCUT2D eigenvalue weighted by Crippen LogP contribution is -2.04. The van der Waals surface area contributed by atoms with Gasteiger partial charge in [0.1, 0.15) is 0 Å². The van der Waals surface area contributed by atoms with Gasteiger partial charge in [0.25, 0.3) is 0 Å². The second-order valence-corrected chi connectivity index (χ2v) is 5.82. The number of hydrogen-bond acceptors (Lipinski definition) is 1. The number of hydrogen-bond donors (Lipinski definition) is 1. The number of fused-ring (bicyclic) bond motifs is 1. The summed E-state index contributed by atoms with van der Waals surface area (Å²) in [5.74, 6) is 0. The molecule has 0 amide bonds. The van der Waals surface area contributed by atoms with Gasteiger partial charge >= 0.3 is 0 Å². The summed E-state index contributed by atoms with van der Waals surface area (Å²) in [5.41, 5.74) is 2.62. The lowest BCUT2D eigenvalue weighted by molar-refractivity contribution is 1.37. The van der Waals surface area contributed by atoms with Crippen LogP contribution in [0.3, 0.4) is 0 Å². The first kappa shape index (κ1) is 12.7. The Kier molecular flexibility index (Phi) is 3.33. The van der Waals surface area contributed by atoms with Gasteiger partial charge < -0.3 is 4.98 Å². The van der Waals surface area contributed by atoms with Gasteiger partial charge in [0, 0.05) is 25.7 Å². The van der Waals surface area contributed by atoms with Crippen LogP contribution in [0.1, 0.15) is 0 Å². The molecule has 0 unspecified atom stereocenters. The Bertz CT molecular complexity index is 811. The van der Waals surface area contributed by atoms with Crippen LogP contribution in [0.25, 0.3) is 22.2 Å². The fraction of sp³-hybridized carbons (Fsp3) is 0. The van der Waals surface area contributed by atoms with E-state index in [2.05, 4.69) is 27.6 Å². The molecule has 0 bridgehead atoms. The number of halogens is 2. The predicted molar refractivity (Wildman–Crippen MR) is 87.7 cm³/mol. The molecule has 1 N–H and O–H groups in total. The zero-order valence-corrected chi connectivity index (χ0v) is 12.7. The van der Waals surface area contributed by atoms with Gasteiger partial charge in [-0.05, 0) is 40.3 Å². The second kappa shape index (κ2) is 4.98. The van der Waals surface area contributed by atoms with Crippen molar-refractivity contribution < 1.29 is 0 Å². The fourth-order valence-electron chi connectivity index (χ4n) is 2.05. The Morgan fingerprint density at radius 2 is 1.79 bits per heavy atom. The monoisotopic (exact) mass is 381 g/mol. The van der Waals surface area contributed by atoms with E-state index in [0.717, 1.165) is 20.3 Å². The van der Waals surface area contributed by atoms with Gasteiger partial charge in [-0.1, -0.05) is 41.9 Å². The molecule has 1 heterocycles. The summed E-state index contributed by atoms with van der Waals surface area (Å²) in [7, 11) is 0. The van der Waals surface area contributed by atoms with Crippen LogP contribution in [0.15, 0.2) is 53.3 Å². The molecule has 0 fully saturated rings. The van der Waals surface area contributed by atoms with Crippen molar-refractivity contribution in [1.82, 2.24) is 4.98 Å². The van der Waals surface area contributed by atoms with Crippen molar-refractivity contribution in [2.24, 2.45) is 0 Å². The zero-order chi connectivity index (χ0) is 13.4. The van der Waals surface area contributed by atoms with Crippen LogP contribution in [0.5, 0.6) is 0 Å². The van der Waals surface area contributed by atoms with Crippen molar-refractivity contribution in [3.05, 3.63) is 67.3 Å². The molecule has 0 atom stereocenters.